The third-order valence-electron chi connectivity index (χ3n) is 5.17. The average molecular weight is 370 g/mol. The summed E-state index contributed by atoms with van der Waals surface area (Å²) >= 11 is 0. The van der Waals surface area contributed by atoms with E-state index < -0.39 is 18.2 Å². The average Bonchev–Trinajstić information content (AvgIpc) is 3.12. The van der Waals surface area contributed by atoms with Crippen molar-refractivity contribution in [2.75, 3.05) is 13.1 Å². The number of nitrogens with two attached hydrogens (primary N) is 1. The van der Waals surface area contributed by atoms with Crippen molar-refractivity contribution >= 4 is 11.9 Å². The van der Waals surface area contributed by atoms with Gasteiger partial charge in [-0.2, -0.15) is 0 Å². The molecule has 5 nitrogen and oxygen atoms in total. The molecule has 0 aromatic heterocycles. The highest BCUT2D eigenvalue weighted by molar-refractivity contribution is 5.88. The van der Waals surface area contributed by atoms with Crippen molar-refractivity contribution in [3.05, 3.63) is 59.7 Å². The van der Waals surface area contributed by atoms with Crippen LogP contribution in [0.5, 0.6) is 0 Å². The number of benzene rings is 2. The van der Waals surface area contributed by atoms with Crippen molar-refractivity contribution in [3.8, 4) is 11.1 Å². The minimum atomic E-state index is -0.957. The lowest BCUT2D eigenvalue weighted by atomic mass is 9.91. The zero-order chi connectivity index (χ0) is 19.6. The molecule has 0 bridgehead atoms. The van der Waals surface area contributed by atoms with Crippen LogP contribution in [0.3, 0.4) is 0 Å². The molecule has 3 N–H and O–H groups in total. The number of halogens is 1. The maximum atomic E-state index is 13.3. The molecule has 3 rings (SSSR count). The van der Waals surface area contributed by atoms with E-state index in [4.69, 9.17) is 10.8 Å². The summed E-state index contributed by atoms with van der Waals surface area (Å²) in [7, 11) is 0. The Kier molecular flexibility index (Phi) is 5.56. The van der Waals surface area contributed by atoms with Crippen LogP contribution < -0.4 is 5.73 Å². The van der Waals surface area contributed by atoms with Gasteiger partial charge in [-0.25, -0.2) is 9.18 Å². The number of carboxylic acids is 1. The van der Waals surface area contributed by atoms with E-state index in [-0.39, 0.29) is 23.9 Å². The van der Waals surface area contributed by atoms with Gasteiger partial charge in [-0.15, -0.1) is 0 Å². The molecule has 6 heteroatoms. The Bertz CT molecular complexity index is 820. The smallest absolute Gasteiger partial charge is 0.335 e. The van der Waals surface area contributed by atoms with Gasteiger partial charge in [-0.3, -0.25) is 4.79 Å². The lowest BCUT2D eigenvalue weighted by Crippen LogP contribution is -2.45. The number of hydrogen-bond donors (Lipinski definition) is 2. The normalized spacial score (nSPS) is 18.9. The van der Waals surface area contributed by atoms with Crippen molar-refractivity contribution < 1.29 is 19.1 Å². The second-order valence-corrected chi connectivity index (χ2v) is 6.99. The van der Waals surface area contributed by atoms with Gasteiger partial charge in [0.15, 0.2) is 0 Å². The molecule has 1 amide bonds. The Balaban J connectivity index is 1.70. The Morgan fingerprint density at radius 1 is 1.11 bits per heavy atom. The van der Waals surface area contributed by atoms with Gasteiger partial charge in [0.25, 0.3) is 0 Å². The lowest BCUT2D eigenvalue weighted by molar-refractivity contribution is -0.132. The van der Waals surface area contributed by atoms with E-state index in [1.165, 1.54) is 4.90 Å². The molecule has 0 unspecified atom stereocenters. The van der Waals surface area contributed by atoms with Crippen molar-refractivity contribution in [3.63, 3.8) is 0 Å². The quantitative estimate of drug-likeness (QED) is 0.847. The monoisotopic (exact) mass is 370 g/mol. The Labute approximate surface area is 157 Å². The van der Waals surface area contributed by atoms with Crippen molar-refractivity contribution in [2.24, 2.45) is 5.73 Å². The first-order chi connectivity index (χ1) is 12.9. The molecule has 0 saturated carbocycles. The first kappa shape index (κ1) is 19.0. The molecular weight excluding hydrogens is 347 g/mol. The third kappa shape index (κ3) is 4.17. The highest BCUT2D eigenvalue weighted by Gasteiger charge is 2.32. The zero-order valence-corrected chi connectivity index (χ0v) is 15.1. The van der Waals surface area contributed by atoms with E-state index in [1.54, 1.807) is 24.3 Å². The van der Waals surface area contributed by atoms with E-state index in [0.29, 0.717) is 13.0 Å². The highest BCUT2D eigenvalue weighted by Crippen LogP contribution is 2.26. The van der Waals surface area contributed by atoms with Crippen LogP contribution in [0.1, 0.15) is 35.2 Å². The summed E-state index contributed by atoms with van der Waals surface area (Å²) in [5.74, 6) is -1.36. The summed E-state index contributed by atoms with van der Waals surface area (Å²) in [4.78, 5) is 24.9. The molecule has 0 spiro atoms. The Hall–Kier alpha value is -2.73. The maximum absolute atomic E-state index is 13.3. The number of alkyl halides is 1. The SMILES string of the molecule is C[C@@H](c1ccc(-c2ccc(C(=O)O)cc2)cc1)[C@H](N)C(=O)N1CC[C@H](F)C1. The molecule has 1 aliphatic rings. The fraction of sp³-hybridized carbons (Fsp3) is 0.333. The zero-order valence-electron chi connectivity index (χ0n) is 15.1. The van der Waals surface area contributed by atoms with Crippen LogP contribution in [0.2, 0.25) is 0 Å². The molecule has 0 aliphatic carbocycles. The molecule has 2 aromatic carbocycles. The molecule has 142 valence electrons. The molecule has 27 heavy (non-hydrogen) atoms. The van der Waals surface area contributed by atoms with Crippen molar-refractivity contribution in [2.45, 2.75) is 31.5 Å². The van der Waals surface area contributed by atoms with Gasteiger partial charge < -0.3 is 15.7 Å². The molecular formula is C21H23FN2O3. The van der Waals surface area contributed by atoms with Crippen LogP contribution >= 0.6 is 0 Å². The van der Waals surface area contributed by atoms with Gasteiger partial charge in [0.2, 0.25) is 5.91 Å². The van der Waals surface area contributed by atoms with Gasteiger partial charge in [-0.05, 0) is 35.2 Å². The number of likely N-dealkylation sites (tertiary alicyclic amines) is 1. The van der Waals surface area contributed by atoms with Gasteiger partial charge >= 0.3 is 5.97 Å². The number of carbonyl (C=O) groups is 2. The number of carbonyl (C=O) groups excluding carboxylic acids is 1. The fourth-order valence-electron chi connectivity index (χ4n) is 3.33. The molecule has 1 aliphatic heterocycles. The molecule has 0 radical (unpaired) electrons. The van der Waals surface area contributed by atoms with E-state index in [9.17, 15) is 14.0 Å². The lowest BCUT2D eigenvalue weighted by Gasteiger charge is -2.25. The van der Waals surface area contributed by atoms with E-state index in [1.807, 2.05) is 31.2 Å². The standard InChI is InChI=1S/C21H23FN2O3/c1-13(19(23)20(25)24-11-10-18(22)12-24)14-2-4-15(5-3-14)16-6-8-17(9-7-16)21(26)27/h2-9,13,18-19H,10-12,23H2,1H3,(H,26,27)/t13-,18-,19-/m0/s1. The van der Waals surface area contributed by atoms with Crippen LogP contribution in [-0.4, -0.2) is 47.2 Å². The minimum absolute atomic E-state index is 0.129. The van der Waals surface area contributed by atoms with Crippen molar-refractivity contribution in [1.29, 1.82) is 0 Å². The Morgan fingerprint density at radius 2 is 1.67 bits per heavy atom. The van der Waals surface area contributed by atoms with Crippen LogP contribution in [-0.2, 0) is 4.79 Å². The number of amides is 1. The van der Waals surface area contributed by atoms with Gasteiger partial charge in [0.05, 0.1) is 18.2 Å². The molecule has 1 heterocycles. The first-order valence-corrected chi connectivity index (χ1v) is 8.99. The summed E-state index contributed by atoms with van der Waals surface area (Å²) in [6.07, 6.45) is -0.578. The first-order valence-electron chi connectivity index (χ1n) is 8.99. The minimum Gasteiger partial charge on any atom is -0.478 e. The van der Waals surface area contributed by atoms with Gasteiger partial charge in [0, 0.05) is 12.5 Å². The molecule has 1 saturated heterocycles. The number of rotatable bonds is 5. The van der Waals surface area contributed by atoms with E-state index in [0.717, 1.165) is 16.7 Å². The predicted molar refractivity (Wildman–Crippen MR) is 101 cm³/mol. The molecule has 3 atom stereocenters. The number of aromatic carboxylic acids is 1. The Morgan fingerprint density at radius 3 is 2.15 bits per heavy atom. The topological polar surface area (TPSA) is 83.6 Å². The number of hydrogen-bond acceptors (Lipinski definition) is 3. The van der Waals surface area contributed by atoms with Crippen LogP contribution in [0.25, 0.3) is 11.1 Å². The largest absolute Gasteiger partial charge is 0.478 e. The van der Waals surface area contributed by atoms with Crippen LogP contribution in [0.4, 0.5) is 4.39 Å². The van der Waals surface area contributed by atoms with Gasteiger partial charge in [0.1, 0.15) is 6.17 Å². The second kappa shape index (κ2) is 7.88. The summed E-state index contributed by atoms with van der Waals surface area (Å²) in [5, 5.41) is 8.97. The predicted octanol–water partition coefficient (Wildman–Crippen LogP) is 3.05. The molecule has 1 fully saturated rings. The highest BCUT2D eigenvalue weighted by atomic mass is 19.1. The fourth-order valence-corrected chi connectivity index (χ4v) is 3.33. The molecule has 2 aromatic rings. The summed E-state index contributed by atoms with van der Waals surface area (Å²) in [6.45, 7) is 2.44. The number of carboxylic acid groups (broad SMARTS) is 1. The van der Waals surface area contributed by atoms with Gasteiger partial charge in [-0.1, -0.05) is 43.3 Å². The second-order valence-electron chi connectivity index (χ2n) is 6.99. The number of nitrogens with zero attached hydrogens (tertiary/aromatic N) is 1. The third-order valence-corrected chi connectivity index (χ3v) is 5.17. The summed E-state index contributed by atoms with van der Waals surface area (Å²) < 4.78 is 13.3. The van der Waals surface area contributed by atoms with Crippen LogP contribution in [0, 0.1) is 0 Å². The van der Waals surface area contributed by atoms with Crippen molar-refractivity contribution in [1.82, 2.24) is 4.90 Å². The van der Waals surface area contributed by atoms with E-state index >= 15 is 0 Å². The van der Waals surface area contributed by atoms with E-state index in [2.05, 4.69) is 0 Å². The maximum Gasteiger partial charge on any atom is 0.335 e. The van der Waals surface area contributed by atoms with Crippen LogP contribution in [0.15, 0.2) is 48.5 Å². The summed E-state index contributed by atoms with van der Waals surface area (Å²) in [5.41, 5.74) is 9.17. The summed E-state index contributed by atoms with van der Waals surface area (Å²) in [6, 6.07) is 13.6.